The third-order valence-electron chi connectivity index (χ3n) is 10.9. The van der Waals surface area contributed by atoms with Gasteiger partial charge in [0.2, 0.25) is 0 Å². The number of phosphoric ester groups is 2. The van der Waals surface area contributed by atoms with E-state index in [-0.39, 0.29) is 18.0 Å². The first-order valence-corrected chi connectivity index (χ1v) is 27.6. The van der Waals surface area contributed by atoms with Crippen LogP contribution in [0, 0.1) is 0 Å². The van der Waals surface area contributed by atoms with Crippen molar-refractivity contribution in [2.75, 3.05) is 19.0 Å². The zero-order valence-electron chi connectivity index (χ0n) is 38.0. The fourth-order valence-electron chi connectivity index (χ4n) is 7.28. The molecule has 0 saturated heterocycles. The van der Waals surface area contributed by atoms with Crippen LogP contribution >= 0.6 is 27.4 Å². The molecule has 372 valence electrons. The zero-order chi connectivity index (χ0) is 46.9. The van der Waals surface area contributed by atoms with Gasteiger partial charge in [-0.1, -0.05) is 160 Å². The lowest BCUT2D eigenvalue weighted by molar-refractivity contribution is -0.216. The fourth-order valence-corrected chi connectivity index (χ4v) is 9.75. The maximum atomic E-state index is 13.0. The van der Waals surface area contributed by atoms with E-state index in [0.717, 1.165) is 82.8 Å². The molecule has 1 saturated carbocycles. The van der Waals surface area contributed by atoms with Gasteiger partial charge in [0.05, 0.1) is 6.61 Å². The number of carbonyl (C=O) groups excluding carboxylic acids is 3. The summed E-state index contributed by atoms with van der Waals surface area (Å²) in [4.78, 5) is 65.8. The van der Waals surface area contributed by atoms with Gasteiger partial charge >= 0.3 is 27.6 Å². The normalized spacial score (nSPS) is 21.8. The van der Waals surface area contributed by atoms with Crippen molar-refractivity contribution in [3.05, 3.63) is 0 Å². The number of aliphatic hydroxyl groups excluding tert-OH is 4. The topological polar surface area (TPSA) is 273 Å². The Bertz CT molecular complexity index is 1310. The van der Waals surface area contributed by atoms with Gasteiger partial charge in [0.25, 0.3) is 0 Å². The minimum atomic E-state index is -5.36. The van der Waals surface area contributed by atoms with Crippen molar-refractivity contribution in [2.24, 2.45) is 0 Å². The van der Waals surface area contributed by atoms with E-state index in [1.54, 1.807) is 0 Å². The number of thioether (sulfide) groups is 1. The van der Waals surface area contributed by atoms with Crippen LogP contribution in [0.3, 0.4) is 0 Å². The fraction of sp³-hybridized carbons (Fsp3) is 0.930. The number of rotatable bonds is 40. The molecule has 20 heteroatoms. The standard InChI is InChI=1S/C43H82O17P2S/c1-3-5-6-7-8-9-10-11-13-17-20-23-26-30-36(45)58-34(33-57-62(54,55)60-43-40(49)38(47)39(48)42(41(43)50)59-61(51,52)53)32-56-35(44)29-25-22-19-16-14-12-15-18-21-24-27-31-63-37(46)28-4-2/h34,38-43,47-50H,3-33H2,1-2H3,(H,54,55)(H2,51,52,53)/t34-,38+,39?,40?,41-,42-,43?/m1/s1. The van der Waals surface area contributed by atoms with Gasteiger partial charge in [0, 0.05) is 25.0 Å². The lowest BCUT2D eigenvalue weighted by Gasteiger charge is -2.43. The van der Waals surface area contributed by atoms with Gasteiger partial charge in [0.1, 0.15) is 43.2 Å². The van der Waals surface area contributed by atoms with Gasteiger partial charge in [-0.15, -0.1) is 0 Å². The summed E-state index contributed by atoms with van der Waals surface area (Å²) < 4.78 is 49.3. The molecule has 1 aliphatic carbocycles. The number of aliphatic hydroxyl groups is 4. The van der Waals surface area contributed by atoms with Crippen LogP contribution in [0.1, 0.15) is 194 Å². The first-order chi connectivity index (χ1) is 30.0. The van der Waals surface area contributed by atoms with Crippen molar-refractivity contribution in [3.8, 4) is 0 Å². The molecule has 8 atom stereocenters. The molecule has 7 N–H and O–H groups in total. The largest absolute Gasteiger partial charge is 0.472 e. The van der Waals surface area contributed by atoms with E-state index in [0.29, 0.717) is 19.3 Å². The molecule has 0 radical (unpaired) electrons. The van der Waals surface area contributed by atoms with Crippen LogP contribution in [-0.4, -0.2) is 114 Å². The Morgan fingerprint density at radius 3 is 1.40 bits per heavy atom. The number of ether oxygens (including phenoxy) is 2. The van der Waals surface area contributed by atoms with E-state index < -0.39 is 83.5 Å². The Hall–Kier alpha value is -0.980. The summed E-state index contributed by atoms with van der Waals surface area (Å²) in [7, 11) is -10.7. The van der Waals surface area contributed by atoms with Gasteiger partial charge < -0.3 is 44.6 Å². The second kappa shape index (κ2) is 36.1. The van der Waals surface area contributed by atoms with Crippen LogP contribution < -0.4 is 0 Å². The number of unbranched alkanes of at least 4 members (excludes halogenated alkanes) is 22. The third kappa shape index (κ3) is 30.8. The highest BCUT2D eigenvalue weighted by atomic mass is 32.2. The van der Waals surface area contributed by atoms with Gasteiger partial charge in [-0.2, -0.15) is 0 Å². The molecular weight excluding hydrogens is 882 g/mol. The number of carbonyl (C=O) groups is 3. The molecular formula is C43H82O17P2S. The molecule has 0 heterocycles. The van der Waals surface area contributed by atoms with E-state index >= 15 is 0 Å². The minimum absolute atomic E-state index is 0.0404. The number of esters is 2. The average molecular weight is 965 g/mol. The van der Waals surface area contributed by atoms with Gasteiger partial charge in [-0.3, -0.25) is 28.0 Å². The highest BCUT2D eigenvalue weighted by molar-refractivity contribution is 8.13. The molecule has 17 nitrogen and oxygen atoms in total. The smallest absolute Gasteiger partial charge is 0.462 e. The molecule has 1 fully saturated rings. The SMILES string of the molecule is CCCCCCCCCCCCCCCC(=O)O[C@H](COC(=O)CCCCCCCCCCCCCSC(=O)CCC)COP(=O)(O)OC1C(O)[C@@H](O)C(O)[C@@H](OP(=O)(O)O)[C@H]1O. The number of phosphoric acid groups is 2. The number of hydrogen-bond donors (Lipinski definition) is 7. The number of hydrogen-bond acceptors (Lipinski definition) is 15. The molecule has 0 aromatic heterocycles. The van der Waals surface area contributed by atoms with Crippen LogP contribution in [0.5, 0.6) is 0 Å². The highest BCUT2D eigenvalue weighted by Crippen LogP contribution is 2.49. The molecule has 4 unspecified atom stereocenters. The molecule has 1 rings (SSSR count). The Labute approximate surface area is 380 Å². The summed E-state index contributed by atoms with van der Waals surface area (Å²) in [5.41, 5.74) is 0. The van der Waals surface area contributed by atoms with Crippen molar-refractivity contribution >= 4 is 44.5 Å². The molecule has 63 heavy (non-hydrogen) atoms. The molecule has 0 aliphatic heterocycles. The van der Waals surface area contributed by atoms with E-state index in [2.05, 4.69) is 11.4 Å². The lowest BCUT2D eigenvalue weighted by Crippen LogP contribution is -2.64. The monoisotopic (exact) mass is 964 g/mol. The Kier molecular flexibility index (Phi) is 34.4. The van der Waals surface area contributed by atoms with E-state index in [4.69, 9.17) is 28.3 Å². The Morgan fingerprint density at radius 2 is 0.937 bits per heavy atom. The van der Waals surface area contributed by atoms with Crippen LogP contribution in [0.15, 0.2) is 0 Å². The summed E-state index contributed by atoms with van der Waals surface area (Å²) in [6.07, 6.45) is 12.8. The maximum absolute atomic E-state index is 13.0. The van der Waals surface area contributed by atoms with E-state index in [1.165, 1.54) is 82.4 Å². The first-order valence-electron chi connectivity index (χ1n) is 23.6. The molecule has 0 aromatic carbocycles. The third-order valence-corrected chi connectivity index (χ3v) is 13.5. The Morgan fingerprint density at radius 1 is 0.508 bits per heavy atom. The van der Waals surface area contributed by atoms with Gasteiger partial charge in [-0.05, 0) is 25.7 Å². The van der Waals surface area contributed by atoms with Crippen LogP contribution in [-0.2, 0) is 46.6 Å². The Balaban J connectivity index is 2.56. The summed E-state index contributed by atoms with van der Waals surface area (Å²) in [6, 6.07) is 0. The predicted molar refractivity (Wildman–Crippen MR) is 241 cm³/mol. The van der Waals surface area contributed by atoms with Crippen LogP contribution in [0.25, 0.3) is 0 Å². The molecule has 0 aromatic rings. The second-order valence-corrected chi connectivity index (χ2v) is 20.5. The zero-order valence-corrected chi connectivity index (χ0v) is 40.6. The summed E-state index contributed by atoms with van der Waals surface area (Å²) in [5.74, 6) is -0.317. The minimum Gasteiger partial charge on any atom is -0.462 e. The van der Waals surface area contributed by atoms with Crippen LogP contribution in [0.2, 0.25) is 0 Å². The molecule has 0 bridgehead atoms. The van der Waals surface area contributed by atoms with Crippen molar-refractivity contribution in [1.29, 1.82) is 0 Å². The molecule has 0 amide bonds. The molecule has 1 aliphatic rings. The van der Waals surface area contributed by atoms with Crippen molar-refractivity contribution in [3.63, 3.8) is 0 Å². The average Bonchev–Trinajstić information content (AvgIpc) is 3.23. The second-order valence-electron chi connectivity index (χ2n) is 16.8. The summed E-state index contributed by atoms with van der Waals surface area (Å²) >= 11 is 1.45. The van der Waals surface area contributed by atoms with Crippen LogP contribution in [0.4, 0.5) is 0 Å². The van der Waals surface area contributed by atoms with Crippen molar-refractivity contribution in [1.82, 2.24) is 0 Å². The lowest BCUT2D eigenvalue weighted by atomic mass is 9.85. The van der Waals surface area contributed by atoms with Gasteiger partial charge in [-0.25, -0.2) is 9.13 Å². The molecule has 0 spiro atoms. The maximum Gasteiger partial charge on any atom is 0.472 e. The van der Waals surface area contributed by atoms with Crippen molar-refractivity contribution in [2.45, 2.75) is 236 Å². The first kappa shape index (κ1) is 60.0. The van der Waals surface area contributed by atoms with Crippen molar-refractivity contribution < 1.29 is 81.7 Å². The summed E-state index contributed by atoms with van der Waals surface area (Å²) in [6.45, 7) is 2.87. The predicted octanol–water partition coefficient (Wildman–Crippen LogP) is 8.10. The highest BCUT2D eigenvalue weighted by Gasteiger charge is 2.54. The van der Waals surface area contributed by atoms with E-state index in [1.807, 2.05) is 6.92 Å². The summed E-state index contributed by atoms with van der Waals surface area (Å²) in [5, 5.41) is 41.5. The van der Waals surface area contributed by atoms with E-state index in [9.17, 15) is 48.8 Å². The van der Waals surface area contributed by atoms with Gasteiger partial charge in [0.15, 0.2) is 11.2 Å². The quantitative estimate of drug-likeness (QED) is 0.0174.